The second-order valence-corrected chi connectivity index (χ2v) is 6.72. The number of halogens is 4. The van der Waals surface area contributed by atoms with Crippen molar-refractivity contribution in [3.8, 4) is 0 Å². The van der Waals surface area contributed by atoms with Crippen molar-refractivity contribution in [1.82, 2.24) is 10.0 Å². The van der Waals surface area contributed by atoms with Crippen molar-refractivity contribution in [2.75, 3.05) is 20.2 Å². The molecule has 136 valence electrons. The zero-order valence-electron chi connectivity index (χ0n) is 12.5. The summed E-state index contributed by atoms with van der Waals surface area (Å²) in [7, 11) is -3.17. The number of carbonyl (C=O) groups is 1. The monoisotopic (exact) mass is 388 g/mol. The maximum absolute atomic E-state index is 13.1. The molecular weight excluding hydrogens is 373 g/mol. The quantitative estimate of drug-likeness (QED) is 0.765. The fraction of sp³-hybridized carbons (Fsp3) is 0.462. The van der Waals surface area contributed by atoms with Crippen LogP contribution in [0.1, 0.15) is 22.3 Å². The smallest absolute Gasteiger partial charge is 0.417 e. The highest BCUT2D eigenvalue weighted by molar-refractivity contribution is 7.89. The molecule has 1 unspecified atom stereocenters. The van der Waals surface area contributed by atoms with E-state index in [4.69, 9.17) is 0 Å². The second kappa shape index (κ2) is 7.68. The van der Waals surface area contributed by atoms with Gasteiger partial charge in [0.15, 0.2) is 0 Å². The van der Waals surface area contributed by atoms with Crippen molar-refractivity contribution in [3.05, 3.63) is 29.3 Å². The Morgan fingerprint density at radius 1 is 1.38 bits per heavy atom. The molecule has 6 nitrogen and oxygen atoms in total. The van der Waals surface area contributed by atoms with Crippen LogP contribution in [0.2, 0.25) is 0 Å². The van der Waals surface area contributed by atoms with Gasteiger partial charge in [-0.15, -0.1) is 12.4 Å². The number of benzene rings is 1. The number of carbonyl (C=O) groups excluding carboxylic acids is 1. The van der Waals surface area contributed by atoms with Gasteiger partial charge in [0.2, 0.25) is 10.0 Å². The van der Waals surface area contributed by atoms with E-state index in [0.29, 0.717) is 25.6 Å². The van der Waals surface area contributed by atoms with E-state index in [1.54, 1.807) is 0 Å². The molecule has 1 atom stereocenters. The number of ether oxygens (including phenoxy) is 1. The lowest BCUT2D eigenvalue weighted by Gasteiger charge is -2.15. The molecule has 0 aliphatic carbocycles. The molecule has 1 saturated heterocycles. The third kappa shape index (κ3) is 4.59. The maximum Gasteiger partial charge on any atom is 0.417 e. The van der Waals surface area contributed by atoms with Crippen LogP contribution in [0.3, 0.4) is 0 Å². The van der Waals surface area contributed by atoms with Gasteiger partial charge in [0.25, 0.3) is 0 Å². The summed E-state index contributed by atoms with van der Waals surface area (Å²) in [5.74, 6) is -1.19. The van der Waals surface area contributed by atoms with Crippen molar-refractivity contribution in [3.63, 3.8) is 0 Å². The molecule has 1 heterocycles. The van der Waals surface area contributed by atoms with Crippen LogP contribution >= 0.6 is 12.4 Å². The number of esters is 1. The molecule has 1 aliphatic heterocycles. The predicted molar refractivity (Wildman–Crippen MR) is 81.6 cm³/mol. The molecule has 1 aromatic carbocycles. The molecular formula is C13H16ClF3N2O4S. The minimum absolute atomic E-state index is 0. The highest BCUT2D eigenvalue weighted by Gasteiger charge is 2.37. The molecule has 1 aliphatic rings. The summed E-state index contributed by atoms with van der Waals surface area (Å²) in [6.07, 6.45) is -4.34. The van der Waals surface area contributed by atoms with Gasteiger partial charge in [-0.1, -0.05) is 0 Å². The van der Waals surface area contributed by atoms with Crippen LogP contribution < -0.4 is 10.0 Å². The largest absolute Gasteiger partial charge is 0.465 e. The highest BCUT2D eigenvalue weighted by atomic mass is 35.5. The van der Waals surface area contributed by atoms with E-state index >= 15 is 0 Å². The summed E-state index contributed by atoms with van der Waals surface area (Å²) in [6.45, 7) is 1.04. The summed E-state index contributed by atoms with van der Waals surface area (Å²) in [6, 6.07) is 1.81. The minimum atomic E-state index is -4.88. The fourth-order valence-electron chi connectivity index (χ4n) is 2.26. The van der Waals surface area contributed by atoms with Crippen LogP contribution in [0.25, 0.3) is 0 Å². The van der Waals surface area contributed by atoms with Gasteiger partial charge in [-0.2, -0.15) is 13.2 Å². The second-order valence-electron chi connectivity index (χ2n) is 5.01. The van der Waals surface area contributed by atoms with Crippen molar-refractivity contribution < 1.29 is 31.1 Å². The highest BCUT2D eigenvalue weighted by Crippen LogP contribution is 2.34. The number of alkyl halides is 3. The van der Waals surface area contributed by atoms with Gasteiger partial charge in [0, 0.05) is 12.6 Å². The van der Waals surface area contributed by atoms with Gasteiger partial charge in [-0.25, -0.2) is 17.9 Å². The first-order chi connectivity index (χ1) is 10.6. The first-order valence-corrected chi connectivity index (χ1v) is 8.16. The van der Waals surface area contributed by atoms with Crippen molar-refractivity contribution in [2.24, 2.45) is 0 Å². The van der Waals surface area contributed by atoms with E-state index in [9.17, 15) is 26.4 Å². The van der Waals surface area contributed by atoms with Crippen LogP contribution in [0.15, 0.2) is 23.1 Å². The van der Waals surface area contributed by atoms with Crippen LogP contribution in [0.4, 0.5) is 13.2 Å². The third-order valence-corrected chi connectivity index (χ3v) is 4.91. The Bertz CT molecular complexity index is 704. The Labute approximate surface area is 143 Å². The molecule has 2 rings (SSSR count). The molecule has 0 aromatic heterocycles. The molecule has 0 bridgehead atoms. The fourth-order valence-corrected chi connectivity index (χ4v) is 3.55. The number of nitrogens with one attached hydrogen (secondary N) is 2. The maximum atomic E-state index is 13.1. The minimum Gasteiger partial charge on any atom is -0.465 e. The molecule has 24 heavy (non-hydrogen) atoms. The standard InChI is InChI=1S/C13H15F3N2O4S.ClH/c1-22-12(19)10-3-2-9(6-11(10)13(14,15)16)23(20,21)18-8-4-5-17-7-8;/h2-3,6,8,17-18H,4-5,7H2,1H3;1H. The van der Waals surface area contributed by atoms with Crippen molar-refractivity contribution in [2.45, 2.75) is 23.5 Å². The van der Waals surface area contributed by atoms with Gasteiger partial charge >= 0.3 is 12.1 Å². The number of methoxy groups -OCH3 is 1. The van der Waals surface area contributed by atoms with Crippen LogP contribution in [0.5, 0.6) is 0 Å². The molecule has 0 saturated carbocycles. The lowest BCUT2D eigenvalue weighted by molar-refractivity contribution is -0.138. The summed E-state index contributed by atoms with van der Waals surface area (Å²) >= 11 is 0. The Morgan fingerprint density at radius 3 is 2.54 bits per heavy atom. The van der Waals surface area contributed by atoms with Crippen molar-refractivity contribution >= 4 is 28.4 Å². The number of hydrogen-bond donors (Lipinski definition) is 2. The zero-order chi connectivity index (χ0) is 17.3. The SMILES string of the molecule is COC(=O)c1ccc(S(=O)(=O)NC2CCNC2)cc1C(F)(F)F.Cl. The molecule has 0 spiro atoms. The van der Waals surface area contributed by atoms with E-state index in [1.165, 1.54) is 0 Å². The van der Waals surface area contributed by atoms with Crippen LogP contribution in [-0.4, -0.2) is 40.6 Å². The van der Waals surface area contributed by atoms with Crippen LogP contribution in [0, 0.1) is 0 Å². The van der Waals surface area contributed by atoms with E-state index < -0.39 is 38.2 Å². The Morgan fingerprint density at radius 2 is 2.04 bits per heavy atom. The van der Waals surface area contributed by atoms with Gasteiger partial charge in [-0.05, 0) is 31.2 Å². The first-order valence-electron chi connectivity index (χ1n) is 6.68. The molecule has 1 fully saturated rings. The molecule has 2 N–H and O–H groups in total. The molecule has 0 radical (unpaired) electrons. The third-order valence-electron chi connectivity index (χ3n) is 3.39. The number of sulfonamides is 1. The number of hydrogen-bond acceptors (Lipinski definition) is 5. The average molecular weight is 389 g/mol. The molecule has 1 aromatic rings. The van der Waals surface area contributed by atoms with E-state index in [1.807, 2.05) is 0 Å². The lowest BCUT2D eigenvalue weighted by Crippen LogP contribution is -2.36. The van der Waals surface area contributed by atoms with Crippen LogP contribution in [-0.2, 0) is 20.9 Å². The Balaban J connectivity index is 0.00000288. The Kier molecular flexibility index (Phi) is 6.62. The van der Waals surface area contributed by atoms with E-state index in [0.717, 1.165) is 19.2 Å². The van der Waals surface area contributed by atoms with Gasteiger partial charge in [-0.3, -0.25) is 0 Å². The summed E-state index contributed by atoms with van der Waals surface area (Å²) in [5.41, 5.74) is -2.08. The molecule has 0 amide bonds. The van der Waals surface area contributed by atoms with E-state index in [2.05, 4.69) is 14.8 Å². The lowest BCUT2D eigenvalue weighted by atomic mass is 10.1. The first kappa shape index (κ1) is 20.7. The predicted octanol–water partition coefficient (Wildman–Crippen LogP) is 1.55. The summed E-state index contributed by atoms with van der Waals surface area (Å²) in [5, 5.41) is 2.95. The van der Waals surface area contributed by atoms with Gasteiger partial charge in [0.05, 0.1) is 23.1 Å². The summed E-state index contributed by atoms with van der Waals surface area (Å²) < 4.78 is 70.3. The zero-order valence-corrected chi connectivity index (χ0v) is 14.1. The normalized spacial score (nSPS) is 18.1. The van der Waals surface area contributed by atoms with E-state index in [-0.39, 0.29) is 18.4 Å². The van der Waals surface area contributed by atoms with Gasteiger partial charge in [0.1, 0.15) is 0 Å². The Hall–Kier alpha value is -1.36. The van der Waals surface area contributed by atoms with Crippen molar-refractivity contribution in [1.29, 1.82) is 0 Å². The summed E-state index contributed by atoms with van der Waals surface area (Å²) in [4.78, 5) is 10.9. The van der Waals surface area contributed by atoms with Gasteiger partial charge < -0.3 is 10.1 Å². The number of rotatable bonds is 4. The average Bonchev–Trinajstić information content (AvgIpc) is 2.97. The topological polar surface area (TPSA) is 84.5 Å². The molecule has 11 heteroatoms.